The standard InChI is InChI=1S/C24H21F3N2O2/c1-15-6-3-4-8-18(15)14-29-20-10-16(2)31-22(20)12-21(29)23(30)28-13-17-7-5-9-19(11-17)24(25,26)27/h3-12H,13-14H2,1-2H3,(H,28,30). The zero-order chi connectivity index (χ0) is 22.2. The zero-order valence-corrected chi connectivity index (χ0v) is 17.1. The minimum absolute atomic E-state index is 0.0152. The average Bonchev–Trinajstić information content (AvgIpc) is 3.24. The van der Waals surface area contributed by atoms with Gasteiger partial charge in [0.2, 0.25) is 0 Å². The van der Waals surface area contributed by atoms with Gasteiger partial charge in [-0.3, -0.25) is 4.79 Å². The van der Waals surface area contributed by atoms with Crippen molar-refractivity contribution < 1.29 is 22.4 Å². The molecule has 0 saturated carbocycles. The van der Waals surface area contributed by atoms with Gasteiger partial charge < -0.3 is 14.3 Å². The van der Waals surface area contributed by atoms with Crippen LogP contribution in [0.4, 0.5) is 13.2 Å². The van der Waals surface area contributed by atoms with Crippen LogP contribution in [0, 0.1) is 13.8 Å². The first-order chi connectivity index (χ1) is 14.7. The summed E-state index contributed by atoms with van der Waals surface area (Å²) in [5.41, 5.74) is 3.57. The molecule has 31 heavy (non-hydrogen) atoms. The number of nitrogens with zero attached hydrogens (tertiary/aromatic N) is 1. The smallest absolute Gasteiger partial charge is 0.416 e. The molecule has 0 bridgehead atoms. The molecular formula is C24H21F3N2O2. The van der Waals surface area contributed by atoms with E-state index in [1.807, 2.05) is 48.7 Å². The number of carbonyl (C=O) groups is 1. The Morgan fingerprint density at radius 2 is 1.81 bits per heavy atom. The summed E-state index contributed by atoms with van der Waals surface area (Å²) in [7, 11) is 0. The van der Waals surface area contributed by atoms with Crippen LogP contribution in [0.25, 0.3) is 11.1 Å². The van der Waals surface area contributed by atoms with E-state index in [4.69, 9.17) is 4.42 Å². The van der Waals surface area contributed by atoms with Crippen LogP contribution in [-0.4, -0.2) is 10.5 Å². The van der Waals surface area contributed by atoms with Gasteiger partial charge in [0.05, 0.1) is 11.1 Å². The van der Waals surface area contributed by atoms with E-state index in [-0.39, 0.29) is 12.5 Å². The number of alkyl halides is 3. The maximum absolute atomic E-state index is 13.0. The largest absolute Gasteiger partial charge is 0.460 e. The predicted molar refractivity (Wildman–Crippen MR) is 112 cm³/mol. The molecule has 1 amide bonds. The number of rotatable bonds is 5. The number of aromatic nitrogens is 1. The monoisotopic (exact) mass is 426 g/mol. The highest BCUT2D eigenvalue weighted by Crippen LogP contribution is 2.30. The van der Waals surface area contributed by atoms with E-state index in [1.54, 1.807) is 12.1 Å². The van der Waals surface area contributed by atoms with Crippen molar-refractivity contribution in [3.8, 4) is 0 Å². The lowest BCUT2D eigenvalue weighted by Crippen LogP contribution is -2.26. The van der Waals surface area contributed by atoms with Gasteiger partial charge in [0.15, 0.2) is 5.58 Å². The second-order valence-corrected chi connectivity index (χ2v) is 7.53. The van der Waals surface area contributed by atoms with E-state index >= 15 is 0 Å². The first kappa shape index (κ1) is 20.8. The lowest BCUT2D eigenvalue weighted by Gasteiger charge is -2.13. The average molecular weight is 426 g/mol. The molecule has 0 radical (unpaired) electrons. The van der Waals surface area contributed by atoms with Gasteiger partial charge in [-0.2, -0.15) is 13.2 Å². The number of halogens is 3. The molecule has 4 rings (SSSR count). The number of hydrogen-bond acceptors (Lipinski definition) is 2. The number of furan rings is 1. The number of carbonyl (C=O) groups excluding carboxylic acids is 1. The summed E-state index contributed by atoms with van der Waals surface area (Å²) in [5.74, 6) is 0.356. The van der Waals surface area contributed by atoms with Gasteiger partial charge >= 0.3 is 6.18 Å². The van der Waals surface area contributed by atoms with Crippen LogP contribution >= 0.6 is 0 Å². The van der Waals surface area contributed by atoms with Crippen molar-refractivity contribution in [2.75, 3.05) is 0 Å². The summed E-state index contributed by atoms with van der Waals surface area (Å²) in [4.78, 5) is 13.0. The first-order valence-electron chi connectivity index (χ1n) is 9.81. The van der Waals surface area contributed by atoms with E-state index in [0.717, 1.165) is 34.5 Å². The fourth-order valence-corrected chi connectivity index (χ4v) is 3.61. The fraction of sp³-hybridized carbons (Fsp3) is 0.208. The van der Waals surface area contributed by atoms with Crippen molar-refractivity contribution in [3.63, 3.8) is 0 Å². The van der Waals surface area contributed by atoms with Crippen molar-refractivity contribution >= 4 is 17.0 Å². The lowest BCUT2D eigenvalue weighted by atomic mass is 10.1. The molecule has 0 spiro atoms. The number of hydrogen-bond donors (Lipinski definition) is 1. The van der Waals surface area contributed by atoms with E-state index < -0.39 is 11.7 Å². The molecule has 0 saturated heterocycles. The Morgan fingerprint density at radius 1 is 1.03 bits per heavy atom. The van der Waals surface area contributed by atoms with Crippen LogP contribution in [0.5, 0.6) is 0 Å². The Kier molecular flexibility index (Phi) is 5.35. The van der Waals surface area contributed by atoms with Gasteiger partial charge in [0.25, 0.3) is 5.91 Å². The maximum atomic E-state index is 13.0. The van der Waals surface area contributed by atoms with E-state index in [0.29, 0.717) is 23.4 Å². The third-order valence-corrected chi connectivity index (χ3v) is 5.24. The summed E-state index contributed by atoms with van der Waals surface area (Å²) in [5, 5.41) is 2.73. The van der Waals surface area contributed by atoms with Gasteiger partial charge in [0, 0.05) is 25.2 Å². The van der Waals surface area contributed by atoms with Crippen molar-refractivity contribution in [3.05, 3.63) is 94.4 Å². The number of aryl methyl sites for hydroxylation is 2. The molecule has 4 aromatic rings. The first-order valence-corrected chi connectivity index (χ1v) is 9.81. The van der Waals surface area contributed by atoms with Gasteiger partial charge in [-0.25, -0.2) is 0 Å². The van der Waals surface area contributed by atoms with E-state index in [1.165, 1.54) is 6.07 Å². The Morgan fingerprint density at radius 3 is 2.55 bits per heavy atom. The molecule has 2 heterocycles. The summed E-state index contributed by atoms with van der Waals surface area (Å²) < 4.78 is 46.4. The molecule has 0 aliphatic rings. The number of nitrogens with one attached hydrogen (secondary N) is 1. The normalized spacial score (nSPS) is 11.8. The van der Waals surface area contributed by atoms with Crippen molar-refractivity contribution in [1.82, 2.24) is 9.88 Å². The van der Waals surface area contributed by atoms with Crippen molar-refractivity contribution in [2.24, 2.45) is 0 Å². The molecule has 7 heteroatoms. The summed E-state index contributed by atoms with van der Waals surface area (Å²) in [6.07, 6.45) is -4.43. The molecule has 2 aromatic heterocycles. The van der Waals surface area contributed by atoms with Crippen LogP contribution in [-0.2, 0) is 19.3 Å². The highest BCUT2D eigenvalue weighted by Gasteiger charge is 2.30. The zero-order valence-electron chi connectivity index (χ0n) is 17.1. The molecule has 0 aliphatic carbocycles. The van der Waals surface area contributed by atoms with Crippen LogP contribution in [0.15, 0.2) is 65.1 Å². The second kappa shape index (κ2) is 7.98. The Balaban J connectivity index is 1.61. The van der Waals surface area contributed by atoms with Crippen molar-refractivity contribution in [1.29, 1.82) is 0 Å². The summed E-state index contributed by atoms with van der Waals surface area (Å²) >= 11 is 0. The number of benzene rings is 2. The predicted octanol–water partition coefficient (Wildman–Crippen LogP) is 5.85. The minimum atomic E-state index is -4.43. The Labute approximate surface area is 177 Å². The SMILES string of the molecule is Cc1cc2c(cc(C(=O)NCc3cccc(C(F)(F)F)c3)n2Cc2ccccc2C)o1. The number of amides is 1. The molecule has 0 aliphatic heterocycles. The molecule has 160 valence electrons. The van der Waals surface area contributed by atoms with E-state index in [9.17, 15) is 18.0 Å². The third kappa shape index (κ3) is 4.35. The van der Waals surface area contributed by atoms with Gasteiger partial charge in [-0.15, -0.1) is 0 Å². The lowest BCUT2D eigenvalue weighted by molar-refractivity contribution is -0.137. The molecule has 0 unspecified atom stereocenters. The molecule has 1 N–H and O–H groups in total. The molecule has 0 fully saturated rings. The van der Waals surface area contributed by atoms with Gasteiger partial charge in [-0.05, 0) is 42.7 Å². The molecular weight excluding hydrogens is 405 g/mol. The second-order valence-electron chi connectivity index (χ2n) is 7.53. The highest BCUT2D eigenvalue weighted by atomic mass is 19.4. The molecule has 4 nitrogen and oxygen atoms in total. The van der Waals surface area contributed by atoms with Crippen LogP contribution < -0.4 is 5.32 Å². The summed E-state index contributed by atoms with van der Waals surface area (Å²) in [6, 6.07) is 16.4. The Bertz CT molecular complexity index is 1250. The minimum Gasteiger partial charge on any atom is -0.460 e. The quantitative estimate of drug-likeness (QED) is 0.435. The van der Waals surface area contributed by atoms with Crippen LogP contribution in [0.2, 0.25) is 0 Å². The molecule has 0 atom stereocenters. The molecule has 2 aromatic carbocycles. The van der Waals surface area contributed by atoms with Crippen LogP contribution in [0.3, 0.4) is 0 Å². The number of fused-ring (bicyclic) bond motifs is 1. The third-order valence-electron chi connectivity index (χ3n) is 5.24. The van der Waals surface area contributed by atoms with E-state index in [2.05, 4.69) is 5.32 Å². The van der Waals surface area contributed by atoms with Crippen molar-refractivity contribution in [2.45, 2.75) is 33.1 Å². The van der Waals surface area contributed by atoms with Gasteiger partial charge in [-0.1, -0.05) is 36.4 Å². The maximum Gasteiger partial charge on any atom is 0.416 e. The fourth-order valence-electron chi connectivity index (χ4n) is 3.61. The highest BCUT2D eigenvalue weighted by molar-refractivity contribution is 5.97. The topological polar surface area (TPSA) is 47.2 Å². The summed E-state index contributed by atoms with van der Waals surface area (Å²) in [6.45, 7) is 4.30. The van der Waals surface area contributed by atoms with Crippen LogP contribution in [0.1, 0.15) is 38.5 Å². The Hall–Kier alpha value is -3.48. The van der Waals surface area contributed by atoms with Gasteiger partial charge in [0.1, 0.15) is 11.5 Å².